The molecular formula is C25H31ClN7O5PS. The molecule has 3 aromatic rings. The number of amides is 1. The Morgan fingerprint density at radius 1 is 1.23 bits per heavy atom. The number of aliphatic hydroxyl groups is 1. The second-order valence-corrected chi connectivity index (χ2v) is 11.3. The van der Waals surface area contributed by atoms with Crippen molar-refractivity contribution in [2.75, 3.05) is 42.3 Å². The van der Waals surface area contributed by atoms with Crippen molar-refractivity contribution in [3.05, 3.63) is 63.6 Å². The number of aliphatic imine (C=N–C) groups is 1. The van der Waals surface area contributed by atoms with E-state index in [0.29, 0.717) is 38.2 Å². The molecule has 0 aliphatic heterocycles. The first-order valence-corrected chi connectivity index (χ1v) is 15.2. The molecule has 12 nitrogen and oxygen atoms in total. The topological polar surface area (TPSA) is 160 Å². The summed E-state index contributed by atoms with van der Waals surface area (Å²) in [4.78, 5) is 30.5. The third kappa shape index (κ3) is 9.47. The van der Waals surface area contributed by atoms with Gasteiger partial charge in [-0.1, -0.05) is 41.1 Å². The smallest absolute Gasteiger partial charge is 0.353 e. The average molecular weight is 608 g/mol. The zero-order valence-corrected chi connectivity index (χ0v) is 24.7. The fourth-order valence-electron chi connectivity index (χ4n) is 3.24. The van der Waals surface area contributed by atoms with Gasteiger partial charge in [0.05, 0.1) is 49.6 Å². The van der Waals surface area contributed by atoms with E-state index in [9.17, 15) is 9.36 Å². The molecule has 0 unspecified atom stereocenters. The Morgan fingerprint density at radius 3 is 2.67 bits per heavy atom. The standard InChI is InChI=1S/C25H31ClN7O5PS/c1-4-37-39(36,38-5-2)13-7-10-20-30-21(29-16-27-11-12-34)14-22(31-20)32-25-28-15-19(40-25)24(35)33-23-17(3)8-6-9-18(23)26/h6-9,13-16,34H,4-5,10-12H2,1-3H3,(H,33,35)(H2,27,28,29,30,31,32)/b13-7+. The molecule has 0 aliphatic carbocycles. The molecule has 0 atom stereocenters. The molecule has 214 valence electrons. The molecule has 1 amide bonds. The van der Waals surface area contributed by atoms with Crippen LogP contribution in [0.15, 0.2) is 47.3 Å². The summed E-state index contributed by atoms with van der Waals surface area (Å²) in [6, 6.07) is 7.01. The number of hydrogen-bond acceptors (Lipinski definition) is 11. The van der Waals surface area contributed by atoms with Gasteiger partial charge in [-0.2, -0.15) is 0 Å². The molecule has 0 saturated carbocycles. The second-order valence-electron chi connectivity index (χ2n) is 7.96. The molecule has 0 aliphatic rings. The van der Waals surface area contributed by atoms with Crippen molar-refractivity contribution in [1.29, 1.82) is 0 Å². The number of hydrogen-bond donors (Lipinski definition) is 4. The van der Waals surface area contributed by atoms with Gasteiger partial charge in [-0.25, -0.2) is 15.0 Å². The van der Waals surface area contributed by atoms with E-state index in [2.05, 4.69) is 35.9 Å². The number of nitrogens with zero attached hydrogens (tertiary/aromatic N) is 4. The first-order chi connectivity index (χ1) is 19.3. The lowest BCUT2D eigenvalue weighted by molar-refractivity contribution is 0.103. The van der Waals surface area contributed by atoms with Crippen LogP contribution < -0.4 is 16.0 Å². The molecule has 0 spiro atoms. The summed E-state index contributed by atoms with van der Waals surface area (Å²) in [5, 5.41) is 18.7. The number of anilines is 4. The van der Waals surface area contributed by atoms with Crippen LogP contribution >= 0.6 is 30.5 Å². The summed E-state index contributed by atoms with van der Waals surface area (Å²) in [5.41, 5.74) is 1.38. The van der Waals surface area contributed by atoms with Crippen LogP contribution in [0.3, 0.4) is 0 Å². The fraction of sp³-hybridized carbons (Fsp3) is 0.320. The number of aliphatic hydroxyl groups excluding tert-OH is 1. The molecular weight excluding hydrogens is 577 g/mol. The third-order valence-corrected chi connectivity index (χ3v) is 7.98. The van der Waals surface area contributed by atoms with Gasteiger partial charge in [0.15, 0.2) is 5.13 Å². The van der Waals surface area contributed by atoms with Crippen LogP contribution in [0.1, 0.15) is 34.9 Å². The highest BCUT2D eigenvalue weighted by atomic mass is 35.5. The number of benzene rings is 1. The van der Waals surface area contributed by atoms with Crippen LogP contribution in [0.25, 0.3) is 0 Å². The number of rotatable bonds is 15. The molecule has 3 rings (SSSR count). The number of aromatic nitrogens is 3. The molecule has 4 N–H and O–H groups in total. The lowest BCUT2D eigenvalue weighted by Crippen LogP contribution is -2.11. The van der Waals surface area contributed by atoms with E-state index >= 15 is 0 Å². The SMILES string of the molecule is CCOP(=O)(/C=C/Cc1nc(NC=NCCO)cc(Nc2ncc(C(=O)Nc3c(C)cccc3Cl)s2)n1)OCC. The summed E-state index contributed by atoms with van der Waals surface area (Å²) in [6.45, 7) is 5.96. The van der Waals surface area contributed by atoms with Crippen LogP contribution in [0.4, 0.5) is 22.5 Å². The summed E-state index contributed by atoms with van der Waals surface area (Å²) >= 11 is 7.37. The zero-order valence-electron chi connectivity index (χ0n) is 22.3. The molecule has 0 fully saturated rings. The highest BCUT2D eigenvalue weighted by molar-refractivity contribution is 7.57. The zero-order chi connectivity index (χ0) is 29.0. The van der Waals surface area contributed by atoms with Gasteiger partial charge in [0.25, 0.3) is 5.91 Å². The molecule has 0 radical (unpaired) electrons. The van der Waals surface area contributed by atoms with Crippen molar-refractivity contribution < 1.29 is 23.5 Å². The predicted molar refractivity (Wildman–Crippen MR) is 159 cm³/mol. The summed E-state index contributed by atoms with van der Waals surface area (Å²) in [6.07, 6.45) is 4.73. The highest BCUT2D eigenvalue weighted by Gasteiger charge is 2.19. The number of allylic oxidation sites excluding steroid dienone is 1. The van der Waals surface area contributed by atoms with Gasteiger partial charge in [-0.3, -0.25) is 14.4 Å². The summed E-state index contributed by atoms with van der Waals surface area (Å²) < 4.78 is 23.3. The van der Waals surface area contributed by atoms with Crippen molar-refractivity contribution in [2.24, 2.45) is 4.99 Å². The van der Waals surface area contributed by atoms with Gasteiger partial charge >= 0.3 is 7.60 Å². The molecule has 40 heavy (non-hydrogen) atoms. The van der Waals surface area contributed by atoms with E-state index in [1.165, 1.54) is 18.4 Å². The largest absolute Gasteiger partial charge is 0.394 e. The van der Waals surface area contributed by atoms with Gasteiger partial charge in [0.2, 0.25) is 0 Å². The van der Waals surface area contributed by atoms with Gasteiger partial charge < -0.3 is 30.1 Å². The first kappa shape index (κ1) is 31.3. The van der Waals surface area contributed by atoms with Crippen LogP contribution in [-0.4, -0.2) is 58.7 Å². The van der Waals surface area contributed by atoms with Crippen molar-refractivity contribution in [1.82, 2.24) is 15.0 Å². The van der Waals surface area contributed by atoms with Crippen LogP contribution in [0.5, 0.6) is 0 Å². The van der Waals surface area contributed by atoms with Crippen LogP contribution in [-0.2, 0) is 20.0 Å². The Labute approximate surface area is 241 Å². The number of halogens is 1. The Kier molecular flexibility index (Phi) is 12.2. The number of carbonyl (C=O) groups excluding carboxylic acids is 1. The van der Waals surface area contributed by atoms with E-state index in [1.807, 2.05) is 19.1 Å². The number of nitrogens with one attached hydrogen (secondary N) is 3. The minimum absolute atomic E-state index is 0.0828. The fourth-order valence-corrected chi connectivity index (χ4v) is 5.56. The molecule has 15 heteroatoms. The molecule has 0 bridgehead atoms. The maximum Gasteiger partial charge on any atom is 0.353 e. The molecule has 2 aromatic heterocycles. The van der Waals surface area contributed by atoms with Crippen molar-refractivity contribution in [3.8, 4) is 0 Å². The van der Waals surface area contributed by atoms with Crippen LogP contribution in [0.2, 0.25) is 5.02 Å². The summed E-state index contributed by atoms with van der Waals surface area (Å²) in [7, 11) is -3.37. The number of thiazole rings is 1. The normalized spacial score (nSPS) is 11.8. The van der Waals surface area contributed by atoms with Gasteiger partial charge in [-0.05, 0) is 32.4 Å². The summed E-state index contributed by atoms with van der Waals surface area (Å²) in [5.74, 6) is 2.26. The lowest BCUT2D eigenvalue weighted by Gasteiger charge is -2.12. The van der Waals surface area contributed by atoms with Gasteiger partial charge in [0.1, 0.15) is 22.3 Å². The Morgan fingerprint density at radius 2 is 1.98 bits per heavy atom. The van der Waals surface area contributed by atoms with E-state index in [1.54, 1.807) is 32.1 Å². The quantitative estimate of drug-likeness (QED) is 0.0966. The molecule has 2 heterocycles. The van der Waals surface area contributed by atoms with E-state index in [0.717, 1.165) is 16.9 Å². The maximum absolute atomic E-state index is 12.8. The predicted octanol–water partition coefficient (Wildman–Crippen LogP) is 5.65. The number of aryl methyl sites for hydroxylation is 1. The Balaban J connectivity index is 1.78. The minimum atomic E-state index is -3.37. The monoisotopic (exact) mass is 607 g/mol. The lowest BCUT2D eigenvalue weighted by atomic mass is 10.2. The number of para-hydroxylation sites is 1. The second kappa shape index (κ2) is 15.6. The third-order valence-electron chi connectivity index (χ3n) is 4.94. The minimum Gasteiger partial charge on any atom is -0.394 e. The van der Waals surface area contributed by atoms with Crippen molar-refractivity contribution >= 4 is 65.2 Å². The average Bonchev–Trinajstić information content (AvgIpc) is 3.37. The van der Waals surface area contributed by atoms with E-state index in [-0.39, 0.29) is 38.7 Å². The molecule has 1 aromatic carbocycles. The highest BCUT2D eigenvalue weighted by Crippen LogP contribution is 2.49. The van der Waals surface area contributed by atoms with Crippen molar-refractivity contribution in [2.45, 2.75) is 27.2 Å². The van der Waals surface area contributed by atoms with Crippen molar-refractivity contribution in [3.63, 3.8) is 0 Å². The van der Waals surface area contributed by atoms with Gasteiger partial charge in [-0.15, -0.1) is 0 Å². The first-order valence-electron chi connectivity index (χ1n) is 12.4. The Bertz CT molecular complexity index is 1370. The van der Waals surface area contributed by atoms with Gasteiger partial charge in [0, 0.05) is 18.3 Å². The Hall–Kier alpha value is -3.19. The number of carbonyl (C=O) groups is 1. The molecule has 0 saturated heterocycles. The van der Waals surface area contributed by atoms with E-state index in [4.69, 9.17) is 25.8 Å². The maximum atomic E-state index is 12.8. The van der Waals surface area contributed by atoms with Crippen LogP contribution in [0, 0.1) is 6.92 Å². The van der Waals surface area contributed by atoms with E-state index < -0.39 is 7.60 Å².